The fourth-order valence-corrected chi connectivity index (χ4v) is 4.70. The maximum absolute atomic E-state index is 14.1. The molecule has 2 aliphatic heterocycles. The molecule has 0 unspecified atom stereocenters. The summed E-state index contributed by atoms with van der Waals surface area (Å²) in [5.41, 5.74) is 1.33. The molecule has 0 aromatic carbocycles. The number of carbonyl (C=O) groups excluding carboxylic acids is 1. The van der Waals surface area contributed by atoms with Crippen molar-refractivity contribution in [1.29, 1.82) is 0 Å². The summed E-state index contributed by atoms with van der Waals surface area (Å²) < 4.78 is 21.6. The van der Waals surface area contributed by atoms with Gasteiger partial charge in [-0.25, -0.2) is 18.9 Å². The highest BCUT2D eigenvalue weighted by Gasteiger charge is 2.65. The van der Waals surface area contributed by atoms with Gasteiger partial charge in [-0.05, 0) is 30.9 Å². The average Bonchev–Trinajstić information content (AvgIpc) is 3.08. The van der Waals surface area contributed by atoms with E-state index in [1.807, 2.05) is 6.07 Å². The molecule has 3 aliphatic rings. The van der Waals surface area contributed by atoms with Gasteiger partial charge in [-0.3, -0.25) is 4.79 Å². The minimum absolute atomic E-state index is 0.244. The second-order valence-corrected chi connectivity index (χ2v) is 7.49. The SMILES string of the molecule is O=C1NCCOc2ncc(F)cc2[C@@]23C[C@@H]2CCN3c2ccn3ncc1c3n2. The number of pyridine rings is 1. The lowest BCUT2D eigenvalue weighted by molar-refractivity contribution is 0.0948. The summed E-state index contributed by atoms with van der Waals surface area (Å²) in [5.74, 6) is 0.944. The Morgan fingerprint density at radius 1 is 1.36 bits per heavy atom. The molecule has 3 aromatic rings. The van der Waals surface area contributed by atoms with Crippen molar-refractivity contribution in [3.63, 3.8) is 0 Å². The third kappa shape index (κ3) is 2.04. The van der Waals surface area contributed by atoms with Crippen molar-refractivity contribution in [1.82, 2.24) is 24.9 Å². The van der Waals surface area contributed by atoms with E-state index in [1.165, 1.54) is 18.5 Å². The molecule has 1 spiro atoms. The molecular formula is C19H17FN6O2. The van der Waals surface area contributed by atoms with E-state index in [4.69, 9.17) is 9.72 Å². The Labute approximate surface area is 159 Å². The van der Waals surface area contributed by atoms with Crippen LogP contribution in [0.4, 0.5) is 10.2 Å². The van der Waals surface area contributed by atoms with Gasteiger partial charge in [-0.15, -0.1) is 0 Å². The van der Waals surface area contributed by atoms with Crippen LogP contribution in [0.15, 0.2) is 30.7 Å². The van der Waals surface area contributed by atoms with Gasteiger partial charge in [0.15, 0.2) is 5.65 Å². The van der Waals surface area contributed by atoms with Gasteiger partial charge in [-0.1, -0.05) is 0 Å². The molecular weight excluding hydrogens is 363 g/mol. The van der Waals surface area contributed by atoms with Crippen LogP contribution in [0.1, 0.15) is 28.8 Å². The summed E-state index contributed by atoms with van der Waals surface area (Å²) in [4.78, 5) is 23.7. The molecule has 3 aromatic heterocycles. The van der Waals surface area contributed by atoms with Gasteiger partial charge in [0, 0.05) is 18.3 Å². The molecule has 1 amide bonds. The largest absolute Gasteiger partial charge is 0.476 e. The van der Waals surface area contributed by atoms with Crippen molar-refractivity contribution in [2.45, 2.75) is 18.4 Å². The van der Waals surface area contributed by atoms with Crippen LogP contribution in [-0.4, -0.2) is 45.2 Å². The summed E-state index contributed by atoms with van der Waals surface area (Å²) in [5, 5.41) is 7.04. The number of halogens is 1. The Morgan fingerprint density at radius 2 is 2.29 bits per heavy atom. The average molecular weight is 380 g/mol. The maximum atomic E-state index is 14.1. The Balaban J connectivity index is 1.57. The minimum atomic E-state index is -0.381. The van der Waals surface area contributed by atoms with Gasteiger partial charge >= 0.3 is 0 Å². The normalized spacial score (nSPS) is 25.7. The number of hydrogen-bond acceptors (Lipinski definition) is 6. The number of ether oxygens (including phenoxy) is 1. The molecule has 1 saturated heterocycles. The van der Waals surface area contributed by atoms with Crippen LogP contribution in [0, 0.1) is 11.7 Å². The lowest BCUT2D eigenvalue weighted by Crippen LogP contribution is -2.34. The molecule has 2 fully saturated rings. The monoisotopic (exact) mass is 380 g/mol. The Kier molecular flexibility index (Phi) is 3.05. The number of nitrogens with zero attached hydrogens (tertiary/aromatic N) is 5. The van der Waals surface area contributed by atoms with E-state index in [2.05, 4.69) is 20.3 Å². The van der Waals surface area contributed by atoms with Crippen molar-refractivity contribution in [2.24, 2.45) is 5.92 Å². The molecule has 2 atom stereocenters. The summed E-state index contributed by atoms with van der Waals surface area (Å²) in [7, 11) is 0. The van der Waals surface area contributed by atoms with E-state index in [0.29, 0.717) is 29.6 Å². The number of nitrogens with one attached hydrogen (secondary N) is 1. The number of carbonyl (C=O) groups is 1. The fraction of sp³-hybridized carbons (Fsp3) is 0.368. The summed E-state index contributed by atoms with van der Waals surface area (Å²) in [6, 6.07) is 3.42. The molecule has 142 valence electrons. The highest BCUT2D eigenvalue weighted by molar-refractivity contribution is 5.99. The standard InChI is InChI=1S/C19H17FN6O2/c20-12-7-14-18(22-9-12)28-6-3-21-17(27)13-10-23-26-5-2-15(24-16(13)26)25-4-1-11-8-19(11,14)25/h2,5,7,9-11H,1,3-4,6,8H2,(H,21,27)/t11-,19+/m0/s1. The maximum Gasteiger partial charge on any atom is 0.256 e. The summed E-state index contributed by atoms with van der Waals surface area (Å²) in [6.07, 6.45) is 6.40. The second kappa shape index (κ2) is 5.40. The molecule has 8 nitrogen and oxygen atoms in total. The molecule has 1 saturated carbocycles. The Morgan fingerprint density at radius 3 is 3.18 bits per heavy atom. The molecule has 6 rings (SSSR count). The highest BCUT2D eigenvalue weighted by atomic mass is 19.1. The first-order valence-electron chi connectivity index (χ1n) is 9.36. The van der Waals surface area contributed by atoms with Crippen molar-refractivity contribution in [3.8, 4) is 5.88 Å². The molecule has 1 aliphatic carbocycles. The van der Waals surface area contributed by atoms with Gasteiger partial charge in [0.05, 0.1) is 24.5 Å². The van der Waals surface area contributed by atoms with Gasteiger partial charge < -0.3 is 15.0 Å². The number of rotatable bonds is 0. The molecule has 1 N–H and O–H groups in total. The lowest BCUT2D eigenvalue weighted by atomic mass is 10.0. The van der Waals surface area contributed by atoms with Crippen LogP contribution < -0.4 is 15.0 Å². The van der Waals surface area contributed by atoms with Crippen LogP contribution in [0.25, 0.3) is 5.65 Å². The zero-order valence-corrected chi connectivity index (χ0v) is 14.9. The number of hydrogen-bond donors (Lipinski definition) is 1. The first-order valence-corrected chi connectivity index (χ1v) is 9.36. The molecule has 9 heteroatoms. The van der Waals surface area contributed by atoms with Crippen LogP contribution in [0.2, 0.25) is 0 Å². The van der Waals surface area contributed by atoms with Gasteiger partial charge in [-0.2, -0.15) is 5.10 Å². The van der Waals surface area contributed by atoms with E-state index < -0.39 is 0 Å². The van der Waals surface area contributed by atoms with E-state index in [0.717, 1.165) is 30.8 Å². The van der Waals surface area contributed by atoms with Gasteiger partial charge in [0.2, 0.25) is 5.88 Å². The third-order valence-corrected chi connectivity index (χ3v) is 6.04. The first-order chi connectivity index (χ1) is 13.7. The topological polar surface area (TPSA) is 84.7 Å². The van der Waals surface area contributed by atoms with Crippen LogP contribution in [0.5, 0.6) is 5.88 Å². The van der Waals surface area contributed by atoms with Crippen LogP contribution in [0.3, 0.4) is 0 Å². The molecule has 28 heavy (non-hydrogen) atoms. The zero-order chi connectivity index (χ0) is 18.9. The van der Waals surface area contributed by atoms with Crippen LogP contribution in [-0.2, 0) is 5.54 Å². The van der Waals surface area contributed by atoms with E-state index in [-0.39, 0.29) is 23.9 Å². The number of anilines is 1. The van der Waals surface area contributed by atoms with Crippen molar-refractivity contribution in [2.75, 3.05) is 24.6 Å². The van der Waals surface area contributed by atoms with E-state index in [1.54, 1.807) is 10.7 Å². The Bertz CT molecular complexity index is 1130. The lowest BCUT2D eigenvalue weighted by Gasteiger charge is -2.30. The van der Waals surface area contributed by atoms with Crippen molar-refractivity contribution in [3.05, 3.63) is 47.7 Å². The van der Waals surface area contributed by atoms with Gasteiger partial charge in [0.25, 0.3) is 5.91 Å². The number of amides is 1. The zero-order valence-electron chi connectivity index (χ0n) is 14.9. The van der Waals surface area contributed by atoms with E-state index in [9.17, 15) is 9.18 Å². The second-order valence-electron chi connectivity index (χ2n) is 7.49. The molecule has 0 radical (unpaired) electrons. The fourth-order valence-electron chi connectivity index (χ4n) is 4.70. The van der Waals surface area contributed by atoms with Crippen LogP contribution >= 0.6 is 0 Å². The minimum Gasteiger partial charge on any atom is -0.476 e. The summed E-state index contributed by atoms with van der Waals surface area (Å²) >= 11 is 0. The quantitative estimate of drug-likeness (QED) is 0.637. The molecule has 2 bridgehead atoms. The number of piperidine rings is 1. The predicted molar refractivity (Wildman–Crippen MR) is 96.8 cm³/mol. The highest BCUT2D eigenvalue weighted by Crippen LogP contribution is 2.64. The Hall–Kier alpha value is -3.23. The van der Waals surface area contributed by atoms with Gasteiger partial charge in [0.1, 0.15) is 23.8 Å². The third-order valence-electron chi connectivity index (χ3n) is 6.04. The summed E-state index contributed by atoms with van der Waals surface area (Å²) in [6.45, 7) is 1.35. The smallest absolute Gasteiger partial charge is 0.256 e. The first kappa shape index (κ1) is 15.8. The molecule has 5 heterocycles. The predicted octanol–water partition coefficient (Wildman–Crippen LogP) is 1.51. The number of fused-ring (bicyclic) bond motifs is 3. The number of aromatic nitrogens is 4. The van der Waals surface area contributed by atoms with Crippen molar-refractivity contribution < 1.29 is 13.9 Å². The van der Waals surface area contributed by atoms with E-state index >= 15 is 0 Å². The van der Waals surface area contributed by atoms with Crippen molar-refractivity contribution >= 4 is 17.4 Å².